The van der Waals surface area contributed by atoms with E-state index in [2.05, 4.69) is 219 Å². The highest BCUT2D eigenvalue weighted by Crippen LogP contribution is 2.56. The van der Waals surface area contributed by atoms with E-state index in [1.54, 1.807) is 0 Å². The normalized spacial score (nSPS) is 17.3. The van der Waals surface area contributed by atoms with Gasteiger partial charge in [-0.05, 0) is 135 Å². The minimum atomic E-state index is -0.329. The van der Waals surface area contributed by atoms with Gasteiger partial charge in [0.1, 0.15) is 11.2 Å². The molecule has 2 aliphatic rings. The number of nitrogens with zero attached hydrogens (tertiary/aromatic N) is 1. The number of hydrogen-bond donors (Lipinski definition) is 0. The Morgan fingerprint density at radius 1 is 0.333 bits per heavy atom. The van der Waals surface area contributed by atoms with Crippen LogP contribution in [-0.2, 0) is 10.8 Å². The molecule has 0 spiro atoms. The maximum atomic E-state index is 6.37. The van der Waals surface area contributed by atoms with Gasteiger partial charge < -0.3 is 9.32 Å². The topological polar surface area (TPSA) is 16.4 Å². The lowest BCUT2D eigenvalue weighted by Gasteiger charge is -2.32. The highest BCUT2D eigenvalue weighted by molar-refractivity contribution is 6.06. The lowest BCUT2D eigenvalue weighted by molar-refractivity contribution is 0.669. The van der Waals surface area contributed by atoms with Crippen LogP contribution < -0.4 is 4.90 Å². The second-order valence-electron chi connectivity index (χ2n) is 16.7. The van der Waals surface area contributed by atoms with Crippen molar-refractivity contribution in [1.29, 1.82) is 0 Å². The van der Waals surface area contributed by atoms with Crippen LogP contribution in [0.15, 0.2) is 217 Å². The molecule has 0 saturated heterocycles. The monoisotopic (exact) mass is 767 g/mol. The van der Waals surface area contributed by atoms with E-state index in [4.69, 9.17) is 4.42 Å². The van der Waals surface area contributed by atoms with Gasteiger partial charge in [-0.25, -0.2) is 0 Å². The smallest absolute Gasteiger partial charge is 0.136 e. The fourth-order valence-electron chi connectivity index (χ4n) is 10.6. The van der Waals surface area contributed by atoms with Crippen molar-refractivity contribution in [2.45, 2.75) is 24.7 Å². The molecule has 0 saturated carbocycles. The minimum Gasteiger partial charge on any atom is -0.456 e. The zero-order chi connectivity index (χ0) is 40.0. The third kappa shape index (κ3) is 4.94. The summed E-state index contributed by atoms with van der Waals surface area (Å²) in [6.07, 6.45) is 0. The molecule has 12 rings (SSSR count). The molecule has 0 aliphatic heterocycles. The van der Waals surface area contributed by atoms with Crippen molar-refractivity contribution in [1.82, 2.24) is 0 Å². The molecule has 1 aromatic heterocycles. The first-order valence-corrected chi connectivity index (χ1v) is 20.9. The van der Waals surface area contributed by atoms with E-state index in [0.29, 0.717) is 0 Å². The minimum absolute atomic E-state index is 0.329. The van der Waals surface area contributed by atoms with Crippen LogP contribution in [0.25, 0.3) is 55.3 Å². The van der Waals surface area contributed by atoms with Crippen molar-refractivity contribution in [2.75, 3.05) is 4.90 Å². The van der Waals surface area contributed by atoms with Gasteiger partial charge in [-0.15, -0.1) is 0 Å². The van der Waals surface area contributed by atoms with E-state index in [-0.39, 0.29) is 10.8 Å². The van der Waals surface area contributed by atoms with Gasteiger partial charge in [-0.1, -0.05) is 158 Å². The van der Waals surface area contributed by atoms with Gasteiger partial charge in [0.2, 0.25) is 0 Å². The SMILES string of the molecule is CC1(c2ccccc2)c2ccccc2-c2ccc(N(c3cccc(-c4ccc5c(c4)oc4ccccc45)c3)c3ccc4c(c3)C(C)(c3ccccc3)c3ccccc3-4)cc21. The quantitative estimate of drug-likeness (QED) is 0.168. The van der Waals surface area contributed by atoms with E-state index in [1.807, 2.05) is 12.1 Å². The molecule has 2 atom stereocenters. The van der Waals surface area contributed by atoms with Crippen molar-refractivity contribution in [2.24, 2.45) is 0 Å². The fourth-order valence-corrected chi connectivity index (χ4v) is 10.6. The maximum Gasteiger partial charge on any atom is 0.136 e. The van der Waals surface area contributed by atoms with Crippen molar-refractivity contribution in [3.05, 3.63) is 246 Å². The maximum absolute atomic E-state index is 6.37. The third-order valence-corrected chi connectivity index (χ3v) is 13.6. The highest BCUT2D eigenvalue weighted by atomic mass is 16.3. The summed E-state index contributed by atoms with van der Waals surface area (Å²) < 4.78 is 6.37. The van der Waals surface area contributed by atoms with Gasteiger partial charge in [0.25, 0.3) is 0 Å². The lowest BCUT2D eigenvalue weighted by Crippen LogP contribution is -2.23. The van der Waals surface area contributed by atoms with Crippen LogP contribution in [0, 0.1) is 0 Å². The van der Waals surface area contributed by atoms with Gasteiger partial charge in [-0.3, -0.25) is 0 Å². The van der Waals surface area contributed by atoms with Gasteiger partial charge in [-0.2, -0.15) is 0 Å². The van der Waals surface area contributed by atoms with Crippen LogP contribution in [0.1, 0.15) is 47.2 Å². The molecule has 0 amide bonds. The number of anilines is 3. The molecular formula is C58H41NO. The van der Waals surface area contributed by atoms with Gasteiger partial charge in [0.05, 0.1) is 0 Å². The first kappa shape index (κ1) is 34.6. The zero-order valence-corrected chi connectivity index (χ0v) is 33.6. The zero-order valence-electron chi connectivity index (χ0n) is 33.6. The Morgan fingerprint density at radius 3 is 1.43 bits per heavy atom. The second kappa shape index (κ2) is 13.0. The fraction of sp³-hybridized carbons (Fsp3) is 0.0690. The molecule has 284 valence electrons. The summed E-state index contributed by atoms with van der Waals surface area (Å²) >= 11 is 0. The number of rotatable bonds is 6. The Bertz CT molecular complexity index is 3160. The summed E-state index contributed by atoms with van der Waals surface area (Å²) in [5, 5.41) is 2.27. The summed E-state index contributed by atoms with van der Waals surface area (Å²) in [5.41, 5.74) is 19.8. The molecular weight excluding hydrogens is 727 g/mol. The number of fused-ring (bicyclic) bond motifs is 9. The molecule has 2 aliphatic carbocycles. The molecule has 2 heteroatoms. The molecule has 0 fully saturated rings. The van der Waals surface area contributed by atoms with Crippen LogP contribution >= 0.6 is 0 Å². The number of furan rings is 1. The summed E-state index contributed by atoms with van der Waals surface area (Å²) in [6, 6.07) is 78.0. The Labute approximate surface area is 350 Å². The molecule has 9 aromatic carbocycles. The molecule has 10 aromatic rings. The molecule has 60 heavy (non-hydrogen) atoms. The first-order valence-electron chi connectivity index (χ1n) is 20.9. The molecule has 0 bridgehead atoms. The van der Waals surface area contributed by atoms with Crippen LogP contribution in [0.4, 0.5) is 17.1 Å². The third-order valence-electron chi connectivity index (χ3n) is 13.6. The van der Waals surface area contributed by atoms with Crippen molar-refractivity contribution >= 4 is 39.0 Å². The Balaban J connectivity index is 1.07. The van der Waals surface area contributed by atoms with Gasteiger partial charge >= 0.3 is 0 Å². The first-order chi connectivity index (χ1) is 29.5. The highest BCUT2D eigenvalue weighted by Gasteiger charge is 2.43. The Hall–Kier alpha value is -7.42. The van der Waals surface area contributed by atoms with Crippen LogP contribution in [-0.4, -0.2) is 0 Å². The number of hydrogen-bond acceptors (Lipinski definition) is 2. The van der Waals surface area contributed by atoms with Crippen LogP contribution in [0.5, 0.6) is 0 Å². The van der Waals surface area contributed by atoms with Crippen molar-refractivity contribution in [3.8, 4) is 33.4 Å². The van der Waals surface area contributed by atoms with Crippen molar-refractivity contribution in [3.63, 3.8) is 0 Å². The van der Waals surface area contributed by atoms with E-state index in [1.165, 1.54) is 55.6 Å². The van der Waals surface area contributed by atoms with Gasteiger partial charge in [0.15, 0.2) is 0 Å². The average molecular weight is 768 g/mol. The largest absolute Gasteiger partial charge is 0.456 e. The predicted octanol–water partition coefficient (Wildman–Crippen LogP) is 15.4. The Morgan fingerprint density at radius 2 is 0.817 bits per heavy atom. The summed E-state index contributed by atoms with van der Waals surface area (Å²) in [4.78, 5) is 2.46. The summed E-state index contributed by atoms with van der Waals surface area (Å²) in [7, 11) is 0. The van der Waals surface area contributed by atoms with E-state index >= 15 is 0 Å². The van der Waals surface area contributed by atoms with E-state index in [0.717, 1.165) is 50.1 Å². The lowest BCUT2D eigenvalue weighted by atomic mass is 9.74. The second-order valence-corrected chi connectivity index (χ2v) is 16.7. The standard InChI is InChI=1S/C58H41NO/c1-57(40-17-5-3-6-18-40)51-25-12-9-22-45(51)47-32-29-43(36-53(47)57)59(42-21-15-16-38(34-42)39-28-31-50-49-24-11-14-27-55(49)60-56(50)35-39)44-30-33-48-46-23-10-13-26-52(46)58(2,54(48)37-44)41-19-7-4-8-20-41/h3-37H,1-2H3. The predicted molar refractivity (Wildman–Crippen MR) is 249 cm³/mol. The average Bonchev–Trinajstić information content (AvgIpc) is 3.91. The molecule has 0 N–H and O–H groups in total. The van der Waals surface area contributed by atoms with Gasteiger partial charge in [0, 0.05) is 38.7 Å². The van der Waals surface area contributed by atoms with E-state index in [9.17, 15) is 0 Å². The van der Waals surface area contributed by atoms with Crippen molar-refractivity contribution < 1.29 is 4.42 Å². The molecule has 2 nitrogen and oxygen atoms in total. The number of benzene rings is 9. The van der Waals surface area contributed by atoms with Crippen LogP contribution in [0.3, 0.4) is 0 Å². The molecule has 0 radical (unpaired) electrons. The summed E-state index contributed by atoms with van der Waals surface area (Å²) in [6.45, 7) is 4.79. The van der Waals surface area contributed by atoms with Crippen LogP contribution in [0.2, 0.25) is 0 Å². The Kier molecular flexibility index (Phi) is 7.52. The molecule has 1 heterocycles. The number of para-hydroxylation sites is 1. The summed E-state index contributed by atoms with van der Waals surface area (Å²) in [5.74, 6) is 0. The molecule has 2 unspecified atom stereocenters. The van der Waals surface area contributed by atoms with E-state index < -0.39 is 0 Å².